The summed E-state index contributed by atoms with van der Waals surface area (Å²) in [6.45, 7) is 4.53. The molecule has 1 fully saturated rings. The molecule has 0 spiro atoms. The molecule has 160 valence electrons. The van der Waals surface area contributed by atoms with Crippen molar-refractivity contribution >= 4 is 28.9 Å². The molecule has 31 heavy (non-hydrogen) atoms. The Morgan fingerprint density at radius 3 is 2.58 bits per heavy atom. The SMILES string of the molecule is CN1CCN(c2ccc(Nc3ncc(Cl)c(Cc4ccc5c(c4)OCO5)n3)cc2)CC1. The summed E-state index contributed by atoms with van der Waals surface area (Å²) in [6, 6.07) is 14.3. The number of benzene rings is 2. The zero-order valence-corrected chi connectivity index (χ0v) is 18.1. The summed E-state index contributed by atoms with van der Waals surface area (Å²) >= 11 is 6.37. The van der Waals surface area contributed by atoms with E-state index in [1.165, 1.54) is 5.69 Å². The standard InChI is InChI=1S/C23H24ClN5O2/c1-28-8-10-29(11-9-28)18-5-3-17(4-6-18)26-23-25-14-19(24)20(27-23)12-16-2-7-21-22(13-16)31-15-30-21/h2-7,13-14H,8-12,15H2,1H3,(H,25,26,27). The molecule has 7 nitrogen and oxygen atoms in total. The van der Waals surface area contributed by atoms with E-state index in [0.29, 0.717) is 17.4 Å². The number of piperazine rings is 1. The van der Waals surface area contributed by atoms with Crippen LogP contribution in [-0.4, -0.2) is 54.9 Å². The molecule has 1 aromatic heterocycles. The lowest BCUT2D eigenvalue weighted by molar-refractivity contribution is 0.174. The van der Waals surface area contributed by atoms with Crippen LogP contribution in [-0.2, 0) is 6.42 Å². The minimum absolute atomic E-state index is 0.259. The largest absolute Gasteiger partial charge is 0.454 e. The number of hydrogen-bond acceptors (Lipinski definition) is 7. The molecule has 1 N–H and O–H groups in total. The second-order valence-corrected chi connectivity index (χ2v) is 8.22. The molecular formula is C23H24ClN5O2. The van der Waals surface area contributed by atoms with Crippen molar-refractivity contribution in [3.63, 3.8) is 0 Å². The third kappa shape index (κ3) is 4.52. The molecule has 0 aliphatic carbocycles. The number of anilines is 3. The van der Waals surface area contributed by atoms with E-state index >= 15 is 0 Å². The summed E-state index contributed by atoms with van der Waals surface area (Å²) in [5.41, 5.74) is 3.98. The van der Waals surface area contributed by atoms with Gasteiger partial charge in [-0.2, -0.15) is 0 Å². The van der Waals surface area contributed by atoms with Crippen LogP contribution in [0.1, 0.15) is 11.3 Å². The topological polar surface area (TPSA) is 62.8 Å². The van der Waals surface area contributed by atoms with Gasteiger partial charge in [0, 0.05) is 44.0 Å². The maximum Gasteiger partial charge on any atom is 0.231 e. The maximum absolute atomic E-state index is 6.37. The Labute approximate surface area is 186 Å². The number of likely N-dealkylation sites (N-methyl/N-ethyl adjacent to an activating group) is 1. The predicted molar refractivity (Wildman–Crippen MR) is 122 cm³/mol. The Bertz CT molecular complexity index is 1070. The van der Waals surface area contributed by atoms with E-state index in [0.717, 1.165) is 54.6 Å². The van der Waals surface area contributed by atoms with Crippen molar-refractivity contribution in [2.24, 2.45) is 0 Å². The molecule has 2 aromatic carbocycles. The molecule has 2 aliphatic heterocycles. The number of nitrogens with zero attached hydrogens (tertiary/aromatic N) is 4. The normalized spacial score (nSPS) is 15.9. The second-order valence-electron chi connectivity index (χ2n) is 7.81. The molecule has 0 bridgehead atoms. The van der Waals surface area contributed by atoms with Crippen LogP contribution in [0.5, 0.6) is 11.5 Å². The third-order valence-corrected chi connectivity index (χ3v) is 5.93. The molecule has 5 rings (SSSR count). The quantitative estimate of drug-likeness (QED) is 0.648. The molecule has 0 saturated carbocycles. The lowest BCUT2D eigenvalue weighted by Gasteiger charge is -2.34. The van der Waals surface area contributed by atoms with Gasteiger partial charge in [-0.25, -0.2) is 9.97 Å². The van der Waals surface area contributed by atoms with Gasteiger partial charge in [-0.1, -0.05) is 17.7 Å². The van der Waals surface area contributed by atoms with Gasteiger partial charge in [-0.15, -0.1) is 0 Å². The van der Waals surface area contributed by atoms with E-state index in [1.54, 1.807) is 6.20 Å². The van der Waals surface area contributed by atoms with E-state index in [9.17, 15) is 0 Å². The van der Waals surface area contributed by atoms with E-state index in [1.807, 2.05) is 18.2 Å². The smallest absolute Gasteiger partial charge is 0.231 e. The van der Waals surface area contributed by atoms with Crippen LogP contribution < -0.4 is 19.7 Å². The predicted octanol–water partition coefficient (Wildman–Crippen LogP) is 3.94. The zero-order chi connectivity index (χ0) is 21.2. The van der Waals surface area contributed by atoms with Crippen molar-refractivity contribution in [2.75, 3.05) is 50.2 Å². The number of ether oxygens (including phenoxy) is 2. The Balaban J connectivity index is 1.28. The Morgan fingerprint density at radius 2 is 1.77 bits per heavy atom. The number of rotatable bonds is 5. The van der Waals surface area contributed by atoms with Gasteiger partial charge in [0.25, 0.3) is 0 Å². The van der Waals surface area contributed by atoms with Gasteiger partial charge >= 0.3 is 0 Å². The molecule has 3 heterocycles. The molecular weight excluding hydrogens is 414 g/mol. The van der Waals surface area contributed by atoms with Crippen LogP contribution in [0.2, 0.25) is 5.02 Å². The van der Waals surface area contributed by atoms with E-state index < -0.39 is 0 Å². The van der Waals surface area contributed by atoms with Crippen molar-refractivity contribution in [3.8, 4) is 11.5 Å². The fourth-order valence-electron chi connectivity index (χ4n) is 3.78. The Hall–Kier alpha value is -3.03. The van der Waals surface area contributed by atoms with Gasteiger partial charge in [0.05, 0.1) is 16.9 Å². The highest BCUT2D eigenvalue weighted by Crippen LogP contribution is 2.33. The van der Waals surface area contributed by atoms with Crippen LogP contribution in [0.4, 0.5) is 17.3 Å². The number of halogens is 1. The van der Waals surface area contributed by atoms with Gasteiger partial charge in [-0.05, 0) is 49.0 Å². The van der Waals surface area contributed by atoms with E-state index in [-0.39, 0.29) is 6.79 Å². The number of hydrogen-bond donors (Lipinski definition) is 1. The minimum Gasteiger partial charge on any atom is -0.454 e. The fraction of sp³-hybridized carbons (Fsp3) is 0.304. The van der Waals surface area contributed by atoms with Crippen molar-refractivity contribution in [1.82, 2.24) is 14.9 Å². The molecule has 0 atom stereocenters. The Morgan fingerprint density at radius 1 is 1.00 bits per heavy atom. The first-order valence-electron chi connectivity index (χ1n) is 10.3. The number of nitrogens with one attached hydrogen (secondary N) is 1. The van der Waals surface area contributed by atoms with Crippen molar-refractivity contribution in [2.45, 2.75) is 6.42 Å². The van der Waals surface area contributed by atoms with E-state index in [2.05, 4.69) is 56.4 Å². The summed E-state index contributed by atoms with van der Waals surface area (Å²) in [6.07, 6.45) is 2.22. The van der Waals surface area contributed by atoms with Gasteiger partial charge in [0.15, 0.2) is 11.5 Å². The number of fused-ring (bicyclic) bond motifs is 1. The number of aromatic nitrogens is 2. The molecule has 0 amide bonds. The first kappa shape index (κ1) is 19.9. The van der Waals surface area contributed by atoms with Crippen LogP contribution in [0.15, 0.2) is 48.7 Å². The average molecular weight is 438 g/mol. The van der Waals surface area contributed by atoms with Gasteiger partial charge in [-0.3, -0.25) is 0 Å². The highest BCUT2D eigenvalue weighted by atomic mass is 35.5. The highest BCUT2D eigenvalue weighted by molar-refractivity contribution is 6.31. The average Bonchev–Trinajstić information content (AvgIpc) is 3.25. The maximum atomic E-state index is 6.37. The zero-order valence-electron chi connectivity index (χ0n) is 17.3. The van der Waals surface area contributed by atoms with Crippen LogP contribution in [0.25, 0.3) is 0 Å². The summed E-state index contributed by atoms with van der Waals surface area (Å²) in [5, 5.41) is 3.82. The van der Waals surface area contributed by atoms with Gasteiger partial charge in [0.2, 0.25) is 12.7 Å². The van der Waals surface area contributed by atoms with Crippen molar-refractivity contribution in [3.05, 3.63) is 64.9 Å². The van der Waals surface area contributed by atoms with Gasteiger partial charge in [0.1, 0.15) is 0 Å². The third-order valence-electron chi connectivity index (χ3n) is 5.62. The summed E-state index contributed by atoms with van der Waals surface area (Å²) in [4.78, 5) is 13.7. The molecule has 2 aliphatic rings. The molecule has 3 aromatic rings. The highest BCUT2D eigenvalue weighted by Gasteiger charge is 2.16. The van der Waals surface area contributed by atoms with Crippen LogP contribution in [0, 0.1) is 0 Å². The van der Waals surface area contributed by atoms with Crippen LogP contribution in [0.3, 0.4) is 0 Å². The first-order chi connectivity index (χ1) is 15.1. The van der Waals surface area contributed by atoms with Crippen molar-refractivity contribution < 1.29 is 9.47 Å². The molecule has 1 saturated heterocycles. The molecule has 0 radical (unpaired) electrons. The van der Waals surface area contributed by atoms with Crippen molar-refractivity contribution in [1.29, 1.82) is 0 Å². The monoisotopic (exact) mass is 437 g/mol. The van der Waals surface area contributed by atoms with Crippen LogP contribution >= 0.6 is 11.6 Å². The Kier molecular flexibility index (Phi) is 5.53. The second kappa shape index (κ2) is 8.61. The lowest BCUT2D eigenvalue weighted by Crippen LogP contribution is -2.44. The minimum atomic E-state index is 0.259. The fourth-order valence-corrected chi connectivity index (χ4v) is 3.94. The summed E-state index contributed by atoms with van der Waals surface area (Å²) in [5.74, 6) is 2.04. The molecule has 0 unspecified atom stereocenters. The lowest BCUT2D eigenvalue weighted by atomic mass is 10.1. The van der Waals surface area contributed by atoms with Gasteiger partial charge < -0.3 is 24.6 Å². The summed E-state index contributed by atoms with van der Waals surface area (Å²) < 4.78 is 10.8. The van der Waals surface area contributed by atoms with E-state index in [4.69, 9.17) is 21.1 Å². The molecule has 8 heteroatoms. The first-order valence-corrected chi connectivity index (χ1v) is 10.7. The summed E-state index contributed by atoms with van der Waals surface area (Å²) in [7, 11) is 2.16.